The number of imidazole rings is 1. The summed E-state index contributed by atoms with van der Waals surface area (Å²) >= 11 is 0. The van der Waals surface area contributed by atoms with Crippen molar-refractivity contribution in [3.8, 4) is 0 Å². The van der Waals surface area contributed by atoms with Crippen molar-refractivity contribution >= 4 is 38.4 Å². The summed E-state index contributed by atoms with van der Waals surface area (Å²) in [6.07, 6.45) is 0. The van der Waals surface area contributed by atoms with Crippen LogP contribution in [0.25, 0.3) is 38.4 Å². The molecule has 5 rings (SSSR count). The number of fused-ring (bicyclic) bond motifs is 8. The summed E-state index contributed by atoms with van der Waals surface area (Å²) in [5.74, 6) is -0.280. The van der Waals surface area contributed by atoms with Crippen molar-refractivity contribution in [2.45, 2.75) is 0 Å². The first-order valence-electron chi connectivity index (χ1n) is 7.12. The number of rotatable bonds is 0. The van der Waals surface area contributed by atoms with Crippen LogP contribution in [0.4, 0.5) is 4.39 Å². The van der Waals surface area contributed by atoms with Gasteiger partial charge in [-0.1, -0.05) is 41.1 Å². The quantitative estimate of drug-likeness (QED) is 0.233. The number of benzene rings is 3. The molecule has 0 atom stereocenters. The first-order valence-corrected chi connectivity index (χ1v) is 7.12. The van der Waals surface area contributed by atoms with Gasteiger partial charge in [-0.05, 0) is 23.6 Å². The Balaban J connectivity index is 0.00000135. The molecule has 3 aromatic carbocycles. The molecule has 0 aliphatic carbocycles. The molecule has 23 heavy (non-hydrogen) atoms. The van der Waals surface area contributed by atoms with Crippen LogP contribution in [0, 0.1) is 11.9 Å². The van der Waals surface area contributed by atoms with E-state index in [1.807, 2.05) is 42.5 Å². The van der Waals surface area contributed by atoms with Crippen LogP contribution in [0.2, 0.25) is 0 Å². The minimum absolute atomic E-state index is 0. The standard InChI is InChI=1S/C19H10FN2.Ir/c20-12-9-10-14-15(11-12)13-5-1-3-7-17(13)22-18-8-4-2-6-16(18)21-19(14)22;/h1-9,11H;/q-1;. The molecule has 0 aliphatic rings. The summed E-state index contributed by atoms with van der Waals surface area (Å²) in [5, 5.41) is 2.69. The van der Waals surface area contributed by atoms with Gasteiger partial charge in [0.15, 0.2) is 0 Å². The second-order valence-corrected chi connectivity index (χ2v) is 5.38. The Morgan fingerprint density at radius 3 is 2.52 bits per heavy atom. The van der Waals surface area contributed by atoms with Crippen molar-refractivity contribution in [3.05, 3.63) is 72.5 Å². The first-order chi connectivity index (χ1) is 10.8. The van der Waals surface area contributed by atoms with Crippen molar-refractivity contribution in [3.63, 3.8) is 0 Å². The second-order valence-electron chi connectivity index (χ2n) is 5.38. The number of hydrogen-bond acceptors (Lipinski definition) is 1. The Bertz CT molecular complexity index is 1190. The van der Waals surface area contributed by atoms with Crippen LogP contribution < -0.4 is 0 Å². The molecule has 0 spiro atoms. The fourth-order valence-corrected chi connectivity index (χ4v) is 3.20. The molecule has 0 amide bonds. The molecule has 0 fully saturated rings. The molecule has 4 heteroatoms. The number of para-hydroxylation sites is 3. The first kappa shape index (κ1) is 14.3. The third kappa shape index (κ3) is 1.92. The van der Waals surface area contributed by atoms with Gasteiger partial charge in [0.25, 0.3) is 0 Å². The molecule has 0 bridgehead atoms. The van der Waals surface area contributed by atoms with E-state index in [1.54, 1.807) is 6.07 Å². The SMILES string of the molecule is Fc1c[c-]c2c(c1)c1ccccc1n1c3ccccc3nc21.[Ir]. The Morgan fingerprint density at radius 1 is 0.913 bits per heavy atom. The summed E-state index contributed by atoms with van der Waals surface area (Å²) in [7, 11) is 0. The second kappa shape index (κ2) is 5.12. The summed E-state index contributed by atoms with van der Waals surface area (Å²) in [5.41, 5.74) is 3.82. The van der Waals surface area contributed by atoms with Gasteiger partial charge in [0, 0.05) is 31.4 Å². The monoisotopic (exact) mass is 478 g/mol. The van der Waals surface area contributed by atoms with Gasteiger partial charge in [-0.2, -0.15) is 0 Å². The molecular formula is C19H10FIrN2-. The maximum absolute atomic E-state index is 13.7. The molecule has 0 N–H and O–H groups in total. The Morgan fingerprint density at radius 2 is 1.65 bits per heavy atom. The van der Waals surface area contributed by atoms with Gasteiger partial charge < -0.3 is 4.40 Å². The fraction of sp³-hybridized carbons (Fsp3) is 0. The van der Waals surface area contributed by atoms with Crippen LogP contribution in [-0.4, -0.2) is 9.38 Å². The van der Waals surface area contributed by atoms with E-state index in [0.717, 1.165) is 38.4 Å². The predicted octanol–water partition coefficient (Wildman–Crippen LogP) is 4.73. The Kier molecular flexibility index (Phi) is 3.19. The van der Waals surface area contributed by atoms with Crippen molar-refractivity contribution in [1.82, 2.24) is 9.38 Å². The molecule has 2 aromatic heterocycles. The molecule has 5 aromatic rings. The molecule has 0 saturated carbocycles. The molecule has 0 saturated heterocycles. The van der Waals surface area contributed by atoms with Crippen LogP contribution >= 0.6 is 0 Å². The molecule has 0 unspecified atom stereocenters. The van der Waals surface area contributed by atoms with Crippen LogP contribution in [0.3, 0.4) is 0 Å². The van der Waals surface area contributed by atoms with Gasteiger partial charge in [-0.3, -0.25) is 9.37 Å². The van der Waals surface area contributed by atoms with Crippen LogP contribution in [0.15, 0.2) is 60.7 Å². The fourth-order valence-electron chi connectivity index (χ4n) is 3.20. The predicted molar refractivity (Wildman–Crippen MR) is 86.5 cm³/mol. The van der Waals surface area contributed by atoms with E-state index in [1.165, 1.54) is 6.07 Å². The number of pyridine rings is 1. The molecule has 113 valence electrons. The van der Waals surface area contributed by atoms with Crippen LogP contribution in [0.5, 0.6) is 0 Å². The number of halogens is 1. The maximum atomic E-state index is 13.7. The van der Waals surface area contributed by atoms with Gasteiger partial charge in [-0.15, -0.1) is 18.2 Å². The summed E-state index contributed by atoms with van der Waals surface area (Å²) in [4.78, 5) is 4.73. The van der Waals surface area contributed by atoms with E-state index in [-0.39, 0.29) is 25.9 Å². The molecule has 2 nitrogen and oxygen atoms in total. The van der Waals surface area contributed by atoms with Crippen molar-refractivity contribution in [1.29, 1.82) is 0 Å². The smallest absolute Gasteiger partial charge is 0.0774 e. The van der Waals surface area contributed by atoms with E-state index in [9.17, 15) is 4.39 Å². The molecule has 1 radical (unpaired) electrons. The average Bonchev–Trinajstić information content (AvgIpc) is 2.94. The van der Waals surface area contributed by atoms with E-state index >= 15 is 0 Å². The largest absolute Gasteiger partial charge is 0.333 e. The number of hydrogen-bond donors (Lipinski definition) is 0. The van der Waals surface area contributed by atoms with E-state index < -0.39 is 0 Å². The minimum atomic E-state index is -0.280. The molecule has 2 heterocycles. The van der Waals surface area contributed by atoms with E-state index in [0.29, 0.717) is 0 Å². The minimum Gasteiger partial charge on any atom is -0.333 e. The van der Waals surface area contributed by atoms with Crippen molar-refractivity contribution in [2.24, 2.45) is 0 Å². The van der Waals surface area contributed by atoms with Gasteiger partial charge in [0.2, 0.25) is 0 Å². The summed E-state index contributed by atoms with van der Waals surface area (Å²) < 4.78 is 15.8. The average molecular weight is 478 g/mol. The molecular weight excluding hydrogens is 467 g/mol. The van der Waals surface area contributed by atoms with E-state index in [4.69, 9.17) is 4.98 Å². The van der Waals surface area contributed by atoms with Gasteiger partial charge >= 0.3 is 0 Å². The number of aromatic nitrogens is 2. The van der Waals surface area contributed by atoms with Crippen molar-refractivity contribution in [2.75, 3.05) is 0 Å². The van der Waals surface area contributed by atoms with Gasteiger partial charge in [0.1, 0.15) is 0 Å². The third-order valence-electron chi connectivity index (χ3n) is 4.13. The number of nitrogens with zero attached hydrogens (tertiary/aromatic N) is 2. The normalized spacial score (nSPS) is 11.3. The zero-order chi connectivity index (χ0) is 14.7. The van der Waals surface area contributed by atoms with Gasteiger partial charge in [0.05, 0.1) is 16.7 Å². The zero-order valence-electron chi connectivity index (χ0n) is 11.9. The van der Waals surface area contributed by atoms with Crippen molar-refractivity contribution < 1.29 is 24.5 Å². The van der Waals surface area contributed by atoms with Gasteiger partial charge in [-0.25, -0.2) is 0 Å². The topological polar surface area (TPSA) is 17.3 Å². The summed E-state index contributed by atoms with van der Waals surface area (Å²) in [6, 6.07) is 22.0. The molecule has 0 aliphatic heterocycles. The summed E-state index contributed by atoms with van der Waals surface area (Å²) in [6.45, 7) is 0. The zero-order valence-corrected chi connectivity index (χ0v) is 14.3. The maximum Gasteiger partial charge on any atom is 0.0774 e. The third-order valence-corrected chi connectivity index (χ3v) is 4.13. The van der Waals surface area contributed by atoms with E-state index in [2.05, 4.69) is 16.5 Å². The Hall–Kier alpha value is -2.29. The van der Waals surface area contributed by atoms with Crippen LogP contribution in [-0.2, 0) is 20.1 Å². The Labute approximate surface area is 144 Å². The van der Waals surface area contributed by atoms with Crippen LogP contribution in [0.1, 0.15) is 0 Å².